The standard InChI is InChI=1S/C19H20N2O4/c22-10-3-1-2-9-20-15-7-8-16-17(12-15)25-18(21-16)13-5-4-6-14(11-13)19(23)24/h4-8,11-12,20,22H,1-3,9-10H2,(H,23,24). The van der Waals surface area contributed by atoms with Gasteiger partial charge in [-0.1, -0.05) is 6.07 Å². The van der Waals surface area contributed by atoms with Crippen LogP contribution in [0.25, 0.3) is 22.6 Å². The molecule has 2 aromatic carbocycles. The Kier molecular flexibility index (Phi) is 5.30. The van der Waals surface area contributed by atoms with E-state index in [4.69, 9.17) is 14.6 Å². The molecule has 0 aliphatic heterocycles. The van der Waals surface area contributed by atoms with E-state index in [-0.39, 0.29) is 12.2 Å². The molecule has 6 nitrogen and oxygen atoms in total. The molecule has 1 aromatic heterocycles. The minimum Gasteiger partial charge on any atom is -0.478 e. The van der Waals surface area contributed by atoms with Gasteiger partial charge in [0.2, 0.25) is 5.89 Å². The molecule has 3 aromatic rings. The lowest BCUT2D eigenvalue weighted by Crippen LogP contribution is -2.01. The third-order valence-electron chi connectivity index (χ3n) is 3.91. The molecule has 3 rings (SSSR count). The summed E-state index contributed by atoms with van der Waals surface area (Å²) in [6.07, 6.45) is 2.79. The molecule has 0 unspecified atom stereocenters. The molecule has 0 fully saturated rings. The minimum atomic E-state index is -0.981. The van der Waals surface area contributed by atoms with Crippen molar-refractivity contribution in [3.8, 4) is 11.5 Å². The molecule has 0 aliphatic rings. The lowest BCUT2D eigenvalue weighted by Gasteiger charge is -2.05. The van der Waals surface area contributed by atoms with Crippen molar-refractivity contribution in [1.29, 1.82) is 0 Å². The second kappa shape index (κ2) is 7.81. The Labute approximate surface area is 145 Å². The SMILES string of the molecule is O=C(O)c1cccc(-c2nc3ccc(NCCCCCO)cc3o2)c1. The summed E-state index contributed by atoms with van der Waals surface area (Å²) < 4.78 is 5.80. The second-order valence-corrected chi connectivity index (χ2v) is 5.80. The third kappa shape index (κ3) is 4.16. The van der Waals surface area contributed by atoms with Crippen LogP contribution in [0.3, 0.4) is 0 Å². The topological polar surface area (TPSA) is 95.6 Å². The zero-order valence-electron chi connectivity index (χ0n) is 13.7. The van der Waals surface area contributed by atoms with Gasteiger partial charge in [-0.3, -0.25) is 0 Å². The van der Waals surface area contributed by atoms with Crippen molar-refractivity contribution in [3.05, 3.63) is 48.0 Å². The minimum absolute atomic E-state index is 0.199. The number of nitrogens with one attached hydrogen (secondary N) is 1. The average Bonchev–Trinajstić information content (AvgIpc) is 3.05. The van der Waals surface area contributed by atoms with Crippen molar-refractivity contribution in [1.82, 2.24) is 4.98 Å². The van der Waals surface area contributed by atoms with E-state index in [2.05, 4.69) is 10.3 Å². The maximum absolute atomic E-state index is 11.1. The van der Waals surface area contributed by atoms with Crippen LogP contribution in [0.1, 0.15) is 29.6 Å². The van der Waals surface area contributed by atoms with Gasteiger partial charge >= 0.3 is 5.97 Å². The number of aromatic nitrogens is 1. The molecule has 0 aliphatic carbocycles. The molecule has 25 heavy (non-hydrogen) atoms. The molecular formula is C19H20N2O4. The summed E-state index contributed by atoms with van der Waals surface area (Å²) in [5, 5.41) is 21.2. The molecule has 0 spiro atoms. The van der Waals surface area contributed by atoms with Crippen molar-refractivity contribution in [2.75, 3.05) is 18.5 Å². The number of carboxylic acids is 1. The van der Waals surface area contributed by atoms with Crippen LogP contribution in [-0.2, 0) is 0 Å². The van der Waals surface area contributed by atoms with E-state index in [9.17, 15) is 4.79 Å². The van der Waals surface area contributed by atoms with Gasteiger partial charge in [-0.05, 0) is 49.6 Å². The fourth-order valence-corrected chi connectivity index (χ4v) is 2.59. The number of aromatic carboxylic acids is 1. The molecule has 3 N–H and O–H groups in total. The first kappa shape index (κ1) is 17.0. The summed E-state index contributed by atoms with van der Waals surface area (Å²) in [6.45, 7) is 1.06. The van der Waals surface area contributed by atoms with Gasteiger partial charge in [0.1, 0.15) is 5.52 Å². The Morgan fingerprint density at radius 3 is 2.80 bits per heavy atom. The zero-order valence-corrected chi connectivity index (χ0v) is 13.7. The molecule has 0 saturated carbocycles. The van der Waals surface area contributed by atoms with E-state index >= 15 is 0 Å². The zero-order chi connectivity index (χ0) is 17.6. The van der Waals surface area contributed by atoms with Gasteiger partial charge in [-0.15, -0.1) is 0 Å². The number of benzene rings is 2. The maximum atomic E-state index is 11.1. The van der Waals surface area contributed by atoms with Crippen LogP contribution >= 0.6 is 0 Å². The molecule has 130 valence electrons. The summed E-state index contributed by atoms with van der Waals surface area (Å²) in [7, 11) is 0. The number of aliphatic hydroxyl groups is 1. The van der Waals surface area contributed by atoms with Gasteiger partial charge in [-0.2, -0.15) is 0 Å². The van der Waals surface area contributed by atoms with Crippen molar-refractivity contribution >= 4 is 22.8 Å². The lowest BCUT2D eigenvalue weighted by molar-refractivity contribution is 0.0697. The van der Waals surface area contributed by atoms with Gasteiger partial charge in [0.25, 0.3) is 0 Å². The predicted molar refractivity (Wildman–Crippen MR) is 95.8 cm³/mol. The highest BCUT2D eigenvalue weighted by atomic mass is 16.4. The highest BCUT2D eigenvalue weighted by Crippen LogP contribution is 2.27. The number of fused-ring (bicyclic) bond motifs is 1. The predicted octanol–water partition coefficient (Wildman–Crippen LogP) is 3.77. The highest BCUT2D eigenvalue weighted by Gasteiger charge is 2.11. The van der Waals surface area contributed by atoms with Gasteiger partial charge in [-0.25, -0.2) is 9.78 Å². The Balaban J connectivity index is 1.76. The molecule has 0 atom stereocenters. The number of carboxylic acid groups (broad SMARTS) is 1. The van der Waals surface area contributed by atoms with Gasteiger partial charge < -0.3 is 19.9 Å². The number of aliphatic hydroxyl groups excluding tert-OH is 1. The van der Waals surface area contributed by atoms with E-state index < -0.39 is 5.97 Å². The number of hydrogen-bond acceptors (Lipinski definition) is 5. The molecule has 0 bridgehead atoms. The maximum Gasteiger partial charge on any atom is 0.335 e. The fraction of sp³-hybridized carbons (Fsp3) is 0.263. The lowest BCUT2D eigenvalue weighted by atomic mass is 10.1. The van der Waals surface area contributed by atoms with Gasteiger partial charge in [0.15, 0.2) is 5.58 Å². The number of carbonyl (C=O) groups is 1. The third-order valence-corrected chi connectivity index (χ3v) is 3.91. The van der Waals surface area contributed by atoms with Crippen molar-refractivity contribution < 1.29 is 19.4 Å². The first-order chi connectivity index (χ1) is 12.2. The summed E-state index contributed by atoms with van der Waals surface area (Å²) >= 11 is 0. The van der Waals surface area contributed by atoms with Gasteiger partial charge in [0, 0.05) is 30.5 Å². The number of rotatable bonds is 8. The fourth-order valence-electron chi connectivity index (χ4n) is 2.59. The van der Waals surface area contributed by atoms with Crippen LogP contribution in [0.5, 0.6) is 0 Å². The molecule has 0 saturated heterocycles. The quantitative estimate of drug-likeness (QED) is 0.540. The molecular weight excluding hydrogens is 320 g/mol. The van der Waals surface area contributed by atoms with Crippen LogP contribution < -0.4 is 5.32 Å². The summed E-state index contributed by atoms with van der Waals surface area (Å²) in [6, 6.07) is 12.2. The largest absolute Gasteiger partial charge is 0.478 e. The van der Waals surface area contributed by atoms with Crippen LogP contribution in [-0.4, -0.2) is 34.3 Å². The Morgan fingerprint density at radius 1 is 1.12 bits per heavy atom. The first-order valence-corrected chi connectivity index (χ1v) is 8.26. The number of oxazole rings is 1. The molecule has 6 heteroatoms. The van der Waals surface area contributed by atoms with Crippen LogP contribution in [0.4, 0.5) is 5.69 Å². The van der Waals surface area contributed by atoms with Crippen LogP contribution in [0.2, 0.25) is 0 Å². The Bertz CT molecular complexity index is 873. The van der Waals surface area contributed by atoms with Crippen molar-refractivity contribution in [2.24, 2.45) is 0 Å². The molecule has 0 amide bonds. The number of anilines is 1. The monoisotopic (exact) mass is 340 g/mol. The summed E-state index contributed by atoms with van der Waals surface area (Å²) in [4.78, 5) is 15.5. The summed E-state index contributed by atoms with van der Waals surface area (Å²) in [5.74, 6) is -0.580. The van der Waals surface area contributed by atoms with Crippen LogP contribution in [0.15, 0.2) is 46.9 Å². The number of hydrogen-bond donors (Lipinski definition) is 3. The molecule has 0 radical (unpaired) electrons. The second-order valence-electron chi connectivity index (χ2n) is 5.80. The first-order valence-electron chi connectivity index (χ1n) is 8.26. The van der Waals surface area contributed by atoms with E-state index in [1.165, 1.54) is 6.07 Å². The summed E-state index contributed by atoms with van der Waals surface area (Å²) in [5.41, 5.74) is 3.15. The number of unbranched alkanes of at least 4 members (excludes halogenated alkanes) is 2. The van der Waals surface area contributed by atoms with Gasteiger partial charge in [0.05, 0.1) is 5.56 Å². The normalized spacial score (nSPS) is 10.9. The Morgan fingerprint density at radius 2 is 2.00 bits per heavy atom. The average molecular weight is 340 g/mol. The molecule has 1 heterocycles. The van der Waals surface area contributed by atoms with Crippen LogP contribution in [0, 0.1) is 0 Å². The van der Waals surface area contributed by atoms with E-state index in [0.29, 0.717) is 17.0 Å². The highest BCUT2D eigenvalue weighted by molar-refractivity contribution is 5.89. The van der Waals surface area contributed by atoms with Crippen molar-refractivity contribution in [3.63, 3.8) is 0 Å². The van der Waals surface area contributed by atoms with Crippen molar-refractivity contribution in [2.45, 2.75) is 19.3 Å². The number of nitrogens with zero attached hydrogens (tertiary/aromatic N) is 1. The van der Waals surface area contributed by atoms with E-state index in [1.54, 1.807) is 18.2 Å². The smallest absolute Gasteiger partial charge is 0.335 e. The Hall–Kier alpha value is -2.86. The van der Waals surface area contributed by atoms with E-state index in [1.807, 2.05) is 18.2 Å². The van der Waals surface area contributed by atoms with E-state index in [0.717, 1.165) is 37.0 Å².